The van der Waals surface area contributed by atoms with E-state index in [4.69, 9.17) is 4.74 Å². The molecule has 6 nitrogen and oxygen atoms in total. The standard InChI is InChI=1S/C18H29NO5/c1-3-8-24-9-7-19(6-4-5-18(22)23-2)17-11-15(13-20)10-16(12-17)14-21/h10-12,20-21H,3-9,13-14H2,1-2H3. The summed E-state index contributed by atoms with van der Waals surface area (Å²) in [4.78, 5) is 13.4. The van der Waals surface area contributed by atoms with Crippen molar-refractivity contribution in [2.75, 3.05) is 38.3 Å². The van der Waals surface area contributed by atoms with Crippen molar-refractivity contribution in [2.24, 2.45) is 0 Å². The van der Waals surface area contributed by atoms with Crippen LogP contribution in [0.2, 0.25) is 0 Å². The number of aliphatic hydroxyl groups excluding tert-OH is 2. The van der Waals surface area contributed by atoms with Crippen LogP contribution < -0.4 is 4.90 Å². The van der Waals surface area contributed by atoms with Crippen LogP contribution in [0.4, 0.5) is 5.69 Å². The van der Waals surface area contributed by atoms with Crippen LogP contribution >= 0.6 is 0 Å². The highest BCUT2D eigenvalue weighted by molar-refractivity contribution is 5.69. The second-order valence-corrected chi connectivity index (χ2v) is 5.60. The molecule has 24 heavy (non-hydrogen) atoms. The normalized spacial score (nSPS) is 10.7. The van der Waals surface area contributed by atoms with Crippen LogP contribution in [0.3, 0.4) is 0 Å². The minimum atomic E-state index is -0.225. The molecule has 0 amide bonds. The zero-order valence-corrected chi connectivity index (χ0v) is 14.7. The molecule has 6 heteroatoms. The van der Waals surface area contributed by atoms with Gasteiger partial charge < -0.3 is 24.6 Å². The van der Waals surface area contributed by atoms with E-state index in [-0.39, 0.29) is 19.2 Å². The molecule has 136 valence electrons. The Kier molecular flexibility index (Phi) is 10.1. The number of carbonyl (C=O) groups is 1. The Bertz CT molecular complexity index is 470. The molecule has 0 atom stereocenters. The van der Waals surface area contributed by atoms with Crippen molar-refractivity contribution in [2.45, 2.75) is 39.4 Å². The van der Waals surface area contributed by atoms with Gasteiger partial charge in [-0.25, -0.2) is 0 Å². The van der Waals surface area contributed by atoms with E-state index >= 15 is 0 Å². The Morgan fingerprint density at radius 2 is 1.75 bits per heavy atom. The van der Waals surface area contributed by atoms with Crippen LogP contribution in [0.25, 0.3) is 0 Å². The molecule has 0 saturated carbocycles. The molecule has 0 aliphatic heterocycles. The van der Waals surface area contributed by atoms with E-state index in [1.807, 2.05) is 12.1 Å². The Morgan fingerprint density at radius 3 is 2.29 bits per heavy atom. The van der Waals surface area contributed by atoms with Gasteiger partial charge in [0.2, 0.25) is 0 Å². The minimum Gasteiger partial charge on any atom is -0.469 e. The first kappa shape index (κ1) is 20.4. The van der Waals surface area contributed by atoms with Crippen molar-refractivity contribution in [1.29, 1.82) is 0 Å². The number of ether oxygens (including phenoxy) is 2. The van der Waals surface area contributed by atoms with Crippen LogP contribution in [0.5, 0.6) is 0 Å². The van der Waals surface area contributed by atoms with Crippen LogP contribution in [-0.2, 0) is 27.5 Å². The summed E-state index contributed by atoms with van der Waals surface area (Å²) in [5, 5.41) is 18.8. The highest BCUT2D eigenvalue weighted by Crippen LogP contribution is 2.20. The number of hydrogen-bond acceptors (Lipinski definition) is 6. The van der Waals surface area contributed by atoms with Gasteiger partial charge in [-0.05, 0) is 36.1 Å². The molecule has 0 spiro atoms. The van der Waals surface area contributed by atoms with Gasteiger partial charge in [0.15, 0.2) is 0 Å². The molecule has 0 bridgehead atoms. The molecular formula is C18H29NO5. The maximum Gasteiger partial charge on any atom is 0.305 e. The number of rotatable bonds is 12. The average molecular weight is 339 g/mol. The predicted octanol–water partition coefficient (Wildman–Crippen LogP) is 1.86. The smallest absolute Gasteiger partial charge is 0.305 e. The molecule has 2 N–H and O–H groups in total. The number of nitrogens with zero attached hydrogens (tertiary/aromatic N) is 1. The van der Waals surface area contributed by atoms with Crippen LogP contribution in [-0.4, -0.2) is 49.6 Å². The van der Waals surface area contributed by atoms with Crippen LogP contribution in [0.15, 0.2) is 18.2 Å². The van der Waals surface area contributed by atoms with Crippen molar-refractivity contribution in [3.8, 4) is 0 Å². The van der Waals surface area contributed by atoms with Gasteiger partial charge in [-0.1, -0.05) is 13.0 Å². The van der Waals surface area contributed by atoms with E-state index in [0.29, 0.717) is 39.1 Å². The molecule has 0 radical (unpaired) electrons. The highest BCUT2D eigenvalue weighted by Gasteiger charge is 2.11. The lowest BCUT2D eigenvalue weighted by Crippen LogP contribution is -2.29. The van der Waals surface area contributed by atoms with Gasteiger partial charge in [0.05, 0.1) is 26.9 Å². The lowest BCUT2D eigenvalue weighted by molar-refractivity contribution is -0.140. The van der Waals surface area contributed by atoms with E-state index in [9.17, 15) is 15.0 Å². The molecule has 0 aliphatic carbocycles. The number of anilines is 1. The monoisotopic (exact) mass is 339 g/mol. The zero-order valence-electron chi connectivity index (χ0n) is 14.7. The number of carbonyl (C=O) groups excluding carboxylic acids is 1. The number of esters is 1. The topological polar surface area (TPSA) is 79.2 Å². The largest absolute Gasteiger partial charge is 0.469 e. The molecule has 0 saturated heterocycles. The molecule has 1 rings (SSSR count). The van der Waals surface area contributed by atoms with Crippen molar-refractivity contribution >= 4 is 11.7 Å². The Balaban J connectivity index is 2.79. The number of aliphatic hydroxyl groups is 2. The van der Waals surface area contributed by atoms with Gasteiger partial charge >= 0.3 is 5.97 Å². The predicted molar refractivity (Wildman–Crippen MR) is 92.9 cm³/mol. The van der Waals surface area contributed by atoms with Crippen LogP contribution in [0, 0.1) is 0 Å². The van der Waals surface area contributed by atoms with Crippen LogP contribution in [0.1, 0.15) is 37.3 Å². The SMILES string of the molecule is CCCOCCN(CCCC(=O)OC)c1cc(CO)cc(CO)c1. The third-order valence-electron chi connectivity index (χ3n) is 3.66. The number of hydrogen-bond donors (Lipinski definition) is 2. The molecule has 0 aliphatic rings. The fraction of sp³-hybridized carbons (Fsp3) is 0.611. The van der Waals surface area contributed by atoms with E-state index in [0.717, 1.165) is 23.2 Å². The van der Waals surface area contributed by atoms with Crippen molar-refractivity contribution in [1.82, 2.24) is 0 Å². The third-order valence-corrected chi connectivity index (χ3v) is 3.66. The lowest BCUT2D eigenvalue weighted by atomic mass is 10.1. The molecule has 0 aromatic heterocycles. The number of benzene rings is 1. The van der Waals surface area contributed by atoms with Gasteiger partial charge in [-0.2, -0.15) is 0 Å². The fourth-order valence-electron chi connectivity index (χ4n) is 2.42. The van der Waals surface area contributed by atoms with Crippen molar-refractivity contribution in [3.05, 3.63) is 29.3 Å². The van der Waals surface area contributed by atoms with Crippen molar-refractivity contribution in [3.63, 3.8) is 0 Å². The summed E-state index contributed by atoms with van der Waals surface area (Å²) in [5.74, 6) is -0.225. The summed E-state index contributed by atoms with van der Waals surface area (Å²) >= 11 is 0. The van der Waals surface area contributed by atoms with Crippen molar-refractivity contribution < 1.29 is 24.5 Å². The highest BCUT2D eigenvalue weighted by atomic mass is 16.5. The average Bonchev–Trinajstić information content (AvgIpc) is 2.62. The van der Waals surface area contributed by atoms with Gasteiger partial charge in [-0.3, -0.25) is 4.79 Å². The second kappa shape index (κ2) is 11.8. The first-order valence-electron chi connectivity index (χ1n) is 8.38. The molecular weight excluding hydrogens is 310 g/mol. The number of methoxy groups -OCH3 is 1. The third kappa shape index (κ3) is 7.29. The van der Waals surface area contributed by atoms with Gasteiger partial charge in [0, 0.05) is 31.8 Å². The summed E-state index contributed by atoms with van der Waals surface area (Å²) in [6.45, 7) is 4.56. The Hall–Kier alpha value is -1.63. The summed E-state index contributed by atoms with van der Waals surface area (Å²) in [7, 11) is 1.39. The second-order valence-electron chi connectivity index (χ2n) is 5.60. The van der Waals surface area contributed by atoms with E-state index in [1.165, 1.54) is 7.11 Å². The quantitative estimate of drug-likeness (QED) is 0.447. The minimum absolute atomic E-state index is 0.0802. The first-order valence-corrected chi connectivity index (χ1v) is 8.38. The van der Waals surface area contributed by atoms with Gasteiger partial charge in [0.1, 0.15) is 0 Å². The molecule has 0 fully saturated rings. The molecule has 0 heterocycles. The summed E-state index contributed by atoms with van der Waals surface area (Å²) in [6, 6.07) is 5.58. The summed E-state index contributed by atoms with van der Waals surface area (Å²) in [5.41, 5.74) is 2.42. The molecule has 0 unspecified atom stereocenters. The summed E-state index contributed by atoms with van der Waals surface area (Å²) in [6.07, 6.45) is 1.99. The van der Waals surface area contributed by atoms with E-state index in [2.05, 4.69) is 16.6 Å². The van der Waals surface area contributed by atoms with E-state index in [1.54, 1.807) is 6.07 Å². The Morgan fingerprint density at radius 1 is 1.08 bits per heavy atom. The Labute approximate surface area is 144 Å². The first-order chi connectivity index (χ1) is 11.6. The molecule has 1 aromatic rings. The lowest BCUT2D eigenvalue weighted by Gasteiger charge is -2.26. The summed E-state index contributed by atoms with van der Waals surface area (Å²) < 4.78 is 10.2. The van der Waals surface area contributed by atoms with Gasteiger partial charge in [0.25, 0.3) is 0 Å². The zero-order chi connectivity index (χ0) is 17.8. The fourth-order valence-corrected chi connectivity index (χ4v) is 2.42. The molecule has 1 aromatic carbocycles. The van der Waals surface area contributed by atoms with Gasteiger partial charge in [-0.15, -0.1) is 0 Å². The maximum atomic E-state index is 11.3. The van der Waals surface area contributed by atoms with E-state index < -0.39 is 0 Å². The maximum absolute atomic E-state index is 11.3.